The third-order valence-electron chi connectivity index (χ3n) is 4.99. The second kappa shape index (κ2) is 7.03. The van der Waals surface area contributed by atoms with Gasteiger partial charge in [0.1, 0.15) is 18.0 Å². The van der Waals surface area contributed by atoms with Crippen LogP contribution in [0.15, 0.2) is 52.2 Å². The Balaban J connectivity index is 1.93. The molecule has 0 unspecified atom stereocenters. The molecule has 0 radical (unpaired) electrons. The molecular formula is C21H17N3O6. The number of benzene rings is 1. The molecule has 30 heavy (non-hydrogen) atoms. The smallest absolute Gasteiger partial charge is 0.329 e. The van der Waals surface area contributed by atoms with E-state index in [4.69, 9.17) is 9.84 Å². The number of aliphatic carboxylic acids is 1. The van der Waals surface area contributed by atoms with E-state index in [9.17, 15) is 19.2 Å². The number of ketones is 1. The number of aromatic nitrogens is 3. The molecule has 9 heteroatoms. The molecule has 0 aliphatic rings. The molecule has 0 atom stereocenters. The third kappa shape index (κ3) is 2.87. The summed E-state index contributed by atoms with van der Waals surface area (Å²) in [5.74, 6) is -1.08. The Morgan fingerprint density at radius 3 is 2.63 bits per heavy atom. The van der Waals surface area contributed by atoms with Gasteiger partial charge in [0.25, 0.3) is 5.56 Å². The van der Waals surface area contributed by atoms with Gasteiger partial charge in [-0.3, -0.25) is 14.4 Å². The summed E-state index contributed by atoms with van der Waals surface area (Å²) in [5, 5.41) is 9.00. The zero-order valence-corrected chi connectivity index (χ0v) is 16.1. The molecule has 4 aromatic rings. The summed E-state index contributed by atoms with van der Waals surface area (Å²) in [6, 6.07) is 9.79. The molecule has 0 saturated carbocycles. The van der Waals surface area contributed by atoms with Crippen LogP contribution in [-0.4, -0.2) is 37.9 Å². The van der Waals surface area contributed by atoms with Crippen molar-refractivity contribution in [2.24, 2.45) is 0 Å². The Morgan fingerprint density at radius 2 is 1.93 bits per heavy atom. The van der Waals surface area contributed by atoms with Crippen LogP contribution in [0.1, 0.15) is 21.6 Å². The summed E-state index contributed by atoms with van der Waals surface area (Å²) in [6.45, 7) is 0.999. The predicted octanol–water partition coefficient (Wildman–Crippen LogP) is 1.58. The third-order valence-corrected chi connectivity index (χ3v) is 4.99. The predicted molar refractivity (Wildman–Crippen MR) is 109 cm³/mol. The molecule has 3 aromatic heterocycles. The number of carboxylic acid groups (broad SMARTS) is 1. The molecule has 0 amide bonds. The first-order chi connectivity index (χ1) is 14.3. The number of carboxylic acids is 1. The molecule has 9 nitrogen and oxygen atoms in total. The van der Waals surface area contributed by atoms with Gasteiger partial charge in [0, 0.05) is 17.3 Å². The first-order valence-corrected chi connectivity index (χ1v) is 9.00. The van der Waals surface area contributed by atoms with Crippen molar-refractivity contribution >= 4 is 28.2 Å². The molecule has 0 bridgehead atoms. The van der Waals surface area contributed by atoms with E-state index in [1.165, 1.54) is 25.3 Å². The fraction of sp³-hybridized carbons (Fsp3) is 0.143. The Labute approximate surface area is 168 Å². The molecule has 152 valence electrons. The number of rotatable bonds is 5. The van der Waals surface area contributed by atoms with Gasteiger partial charge in [-0.15, -0.1) is 0 Å². The van der Waals surface area contributed by atoms with Crippen molar-refractivity contribution in [3.8, 4) is 5.75 Å². The van der Waals surface area contributed by atoms with Gasteiger partial charge in [-0.05, 0) is 37.3 Å². The van der Waals surface area contributed by atoms with Crippen LogP contribution < -0.4 is 16.0 Å². The Bertz CT molecular complexity index is 1460. The Hall–Kier alpha value is -4.14. The lowest BCUT2D eigenvalue weighted by Crippen LogP contribution is -2.37. The highest BCUT2D eigenvalue weighted by Gasteiger charge is 2.23. The summed E-state index contributed by atoms with van der Waals surface area (Å²) in [4.78, 5) is 51.5. The van der Waals surface area contributed by atoms with Crippen LogP contribution >= 0.6 is 0 Å². The second-order valence-corrected chi connectivity index (χ2v) is 6.77. The number of hydrogen-bond acceptors (Lipinski definition) is 5. The number of aromatic amines is 1. The number of fused-ring (bicyclic) bond motifs is 2. The summed E-state index contributed by atoms with van der Waals surface area (Å²) >= 11 is 0. The van der Waals surface area contributed by atoms with Crippen LogP contribution in [0.4, 0.5) is 0 Å². The molecular weight excluding hydrogens is 390 g/mol. The van der Waals surface area contributed by atoms with Crippen LogP contribution in [0.3, 0.4) is 0 Å². The summed E-state index contributed by atoms with van der Waals surface area (Å²) in [6.07, 6.45) is 1.75. The molecule has 0 saturated heterocycles. The number of nitrogens with one attached hydrogen (secondary N) is 1. The van der Waals surface area contributed by atoms with Gasteiger partial charge in [0.2, 0.25) is 5.78 Å². The summed E-state index contributed by atoms with van der Waals surface area (Å²) < 4.78 is 7.76. The van der Waals surface area contributed by atoms with Crippen molar-refractivity contribution < 1.29 is 19.4 Å². The van der Waals surface area contributed by atoms with E-state index in [0.29, 0.717) is 21.6 Å². The number of methoxy groups -OCH3 is 1. The fourth-order valence-corrected chi connectivity index (χ4v) is 3.65. The summed E-state index contributed by atoms with van der Waals surface area (Å²) in [7, 11) is 1.53. The van der Waals surface area contributed by atoms with E-state index in [-0.39, 0.29) is 22.2 Å². The highest BCUT2D eigenvalue weighted by Crippen LogP contribution is 2.31. The zero-order valence-electron chi connectivity index (χ0n) is 16.1. The maximum absolute atomic E-state index is 13.3. The van der Waals surface area contributed by atoms with E-state index in [2.05, 4.69) is 4.98 Å². The Kier molecular flexibility index (Phi) is 4.50. The lowest BCUT2D eigenvalue weighted by molar-refractivity contribution is -0.137. The zero-order chi connectivity index (χ0) is 21.6. The lowest BCUT2D eigenvalue weighted by atomic mass is 10.0. The monoisotopic (exact) mass is 407 g/mol. The van der Waals surface area contributed by atoms with Crippen molar-refractivity contribution in [1.82, 2.24) is 14.0 Å². The molecule has 0 fully saturated rings. The van der Waals surface area contributed by atoms with Crippen LogP contribution in [0.5, 0.6) is 5.75 Å². The van der Waals surface area contributed by atoms with Crippen molar-refractivity contribution in [2.75, 3.05) is 7.11 Å². The average Bonchev–Trinajstić information content (AvgIpc) is 3.01. The minimum Gasteiger partial charge on any atom is -0.494 e. The van der Waals surface area contributed by atoms with E-state index in [1.54, 1.807) is 23.6 Å². The maximum Gasteiger partial charge on any atom is 0.329 e. The number of hydrogen-bond donors (Lipinski definition) is 2. The van der Waals surface area contributed by atoms with E-state index in [1.807, 2.05) is 12.1 Å². The van der Waals surface area contributed by atoms with Gasteiger partial charge < -0.3 is 19.2 Å². The van der Waals surface area contributed by atoms with Gasteiger partial charge in [-0.1, -0.05) is 6.07 Å². The van der Waals surface area contributed by atoms with Crippen LogP contribution in [0.2, 0.25) is 0 Å². The number of carbonyl (C=O) groups is 2. The largest absolute Gasteiger partial charge is 0.494 e. The lowest BCUT2D eigenvalue weighted by Gasteiger charge is -2.07. The van der Waals surface area contributed by atoms with Crippen molar-refractivity contribution in [2.45, 2.75) is 13.5 Å². The normalized spacial score (nSPS) is 11.1. The van der Waals surface area contributed by atoms with Gasteiger partial charge >= 0.3 is 11.7 Å². The molecule has 3 heterocycles. The van der Waals surface area contributed by atoms with Crippen molar-refractivity contribution in [3.63, 3.8) is 0 Å². The summed E-state index contributed by atoms with van der Waals surface area (Å²) in [5.41, 5.74) is 0.609. The number of pyridine rings is 1. The highest BCUT2D eigenvalue weighted by molar-refractivity contribution is 6.11. The number of ether oxygens (including phenoxy) is 1. The molecule has 2 N–H and O–H groups in total. The van der Waals surface area contributed by atoms with E-state index < -0.39 is 23.8 Å². The minimum atomic E-state index is -1.32. The van der Waals surface area contributed by atoms with Gasteiger partial charge in [0.05, 0.1) is 23.5 Å². The van der Waals surface area contributed by atoms with Crippen LogP contribution in [0.25, 0.3) is 16.4 Å². The molecule has 0 aliphatic carbocycles. The standard InChI is InChI=1S/C21H17N3O6/c1-11-17(23-8-4-3-5-15(23)19(11)30-2)18(27)12-6-7-14-13(9-12)20(28)24(10-16(25)26)21(29)22-14/h3-9H,10H2,1-2H3,(H,22,29)(H,25,26). The first-order valence-electron chi connectivity index (χ1n) is 9.00. The number of carbonyl (C=O) groups excluding carboxylic acids is 1. The number of nitrogens with zero attached hydrogens (tertiary/aromatic N) is 2. The van der Waals surface area contributed by atoms with E-state index in [0.717, 1.165) is 5.52 Å². The quantitative estimate of drug-likeness (QED) is 0.484. The van der Waals surface area contributed by atoms with Crippen LogP contribution in [-0.2, 0) is 11.3 Å². The average molecular weight is 407 g/mol. The Morgan fingerprint density at radius 1 is 1.17 bits per heavy atom. The van der Waals surface area contributed by atoms with Gasteiger partial charge in [0.15, 0.2) is 0 Å². The topological polar surface area (TPSA) is 123 Å². The molecule has 0 aliphatic heterocycles. The molecule has 1 aromatic carbocycles. The maximum atomic E-state index is 13.3. The van der Waals surface area contributed by atoms with Crippen molar-refractivity contribution in [1.29, 1.82) is 0 Å². The highest BCUT2D eigenvalue weighted by atomic mass is 16.5. The minimum absolute atomic E-state index is 0.0483. The van der Waals surface area contributed by atoms with Crippen molar-refractivity contribution in [3.05, 3.63) is 80.3 Å². The fourth-order valence-electron chi connectivity index (χ4n) is 3.65. The van der Waals surface area contributed by atoms with Gasteiger partial charge in [-0.2, -0.15) is 0 Å². The van der Waals surface area contributed by atoms with Gasteiger partial charge in [-0.25, -0.2) is 9.36 Å². The number of H-pyrrole nitrogens is 1. The molecule has 4 rings (SSSR count). The van der Waals surface area contributed by atoms with Crippen LogP contribution in [0, 0.1) is 6.92 Å². The molecule has 0 spiro atoms. The second-order valence-electron chi connectivity index (χ2n) is 6.77. The first kappa shape index (κ1) is 19.2. The van der Waals surface area contributed by atoms with E-state index >= 15 is 0 Å². The SMILES string of the molecule is COc1c(C)c(C(=O)c2ccc3[nH]c(=O)n(CC(=O)O)c(=O)c3c2)n2ccccc12.